The smallest absolute Gasteiger partial charge is 0.387 e. The Hall–Kier alpha value is -1.54. The second-order valence-corrected chi connectivity index (χ2v) is 19.6. The van der Waals surface area contributed by atoms with Crippen LogP contribution in [0.1, 0.15) is 219 Å². The lowest BCUT2D eigenvalue weighted by Crippen LogP contribution is -2.45. The number of nitrogens with zero attached hydrogens (tertiary/aromatic N) is 1. The van der Waals surface area contributed by atoms with Crippen molar-refractivity contribution in [2.75, 3.05) is 40.9 Å². The summed E-state index contributed by atoms with van der Waals surface area (Å²) in [7, 11) is 1.55. The molecule has 0 aliphatic rings. The van der Waals surface area contributed by atoms with Crippen molar-refractivity contribution in [3.63, 3.8) is 0 Å². The van der Waals surface area contributed by atoms with Crippen LogP contribution in [-0.2, 0) is 18.4 Å². The third-order valence-electron chi connectivity index (χ3n) is 11.0. The third-order valence-corrected chi connectivity index (χ3v) is 12.0. The topological polar surface area (TPSA) is 105 Å². The third kappa shape index (κ3) is 44.5. The van der Waals surface area contributed by atoms with E-state index in [9.17, 15) is 19.4 Å². The van der Waals surface area contributed by atoms with Crippen molar-refractivity contribution in [3.8, 4) is 0 Å². The van der Waals surface area contributed by atoms with Crippen LogP contribution in [-0.4, -0.2) is 73.4 Å². The number of nitrogens with one attached hydrogen (secondary N) is 1. The van der Waals surface area contributed by atoms with Crippen LogP contribution in [0.15, 0.2) is 48.6 Å². The number of allylic oxidation sites excluding steroid dienone is 7. The van der Waals surface area contributed by atoms with Gasteiger partial charge in [-0.15, -0.1) is 0 Å². The van der Waals surface area contributed by atoms with Crippen LogP contribution < -0.4 is 5.32 Å². The molecule has 352 valence electrons. The number of hydrogen-bond donors (Lipinski definition) is 3. The van der Waals surface area contributed by atoms with E-state index in [1.54, 1.807) is 6.08 Å². The zero-order chi connectivity index (χ0) is 44.3. The average molecular weight is 866 g/mol. The van der Waals surface area contributed by atoms with Gasteiger partial charge < -0.3 is 19.8 Å². The molecule has 0 spiro atoms. The lowest BCUT2D eigenvalue weighted by molar-refractivity contribution is -0.870. The Balaban J connectivity index is 4.04. The van der Waals surface area contributed by atoms with Gasteiger partial charge in [-0.05, 0) is 64.2 Å². The Bertz CT molecular complexity index is 1120. The molecule has 9 heteroatoms. The van der Waals surface area contributed by atoms with Gasteiger partial charge in [0.15, 0.2) is 0 Å². The number of hydrogen-bond acceptors (Lipinski definition) is 5. The summed E-state index contributed by atoms with van der Waals surface area (Å²) in [6.45, 7) is 4.73. The van der Waals surface area contributed by atoms with E-state index in [1.165, 1.54) is 154 Å². The molecule has 0 heterocycles. The van der Waals surface area contributed by atoms with Crippen molar-refractivity contribution in [1.29, 1.82) is 0 Å². The van der Waals surface area contributed by atoms with E-state index in [4.69, 9.17) is 9.05 Å². The molecule has 3 atom stereocenters. The first kappa shape index (κ1) is 58.5. The number of aliphatic hydroxyl groups excluding tert-OH is 1. The maximum atomic E-state index is 12.9. The van der Waals surface area contributed by atoms with E-state index < -0.39 is 20.0 Å². The van der Waals surface area contributed by atoms with E-state index >= 15 is 0 Å². The minimum atomic E-state index is -4.34. The predicted octanol–water partition coefficient (Wildman–Crippen LogP) is 14.4. The molecule has 3 unspecified atom stereocenters. The van der Waals surface area contributed by atoms with E-state index in [0.717, 1.165) is 44.9 Å². The molecular weight excluding hydrogens is 768 g/mol. The number of quaternary nitrogens is 1. The van der Waals surface area contributed by atoms with Gasteiger partial charge in [0.1, 0.15) is 13.2 Å². The molecule has 0 aromatic rings. The zero-order valence-electron chi connectivity index (χ0n) is 39.9. The molecule has 60 heavy (non-hydrogen) atoms. The molecule has 0 rings (SSSR count). The van der Waals surface area contributed by atoms with Gasteiger partial charge in [-0.3, -0.25) is 13.8 Å². The molecule has 3 N–H and O–H groups in total. The summed E-state index contributed by atoms with van der Waals surface area (Å²) in [6, 6.07) is -0.860. The summed E-state index contributed by atoms with van der Waals surface area (Å²) in [5, 5.41) is 13.8. The van der Waals surface area contributed by atoms with Crippen LogP contribution in [0.4, 0.5) is 0 Å². The number of phosphoric ester groups is 1. The van der Waals surface area contributed by atoms with Gasteiger partial charge in [0.05, 0.1) is 39.9 Å². The summed E-state index contributed by atoms with van der Waals surface area (Å²) in [5.41, 5.74) is 0. The highest BCUT2D eigenvalue weighted by Gasteiger charge is 2.27. The van der Waals surface area contributed by atoms with Crippen molar-refractivity contribution >= 4 is 13.7 Å². The minimum Gasteiger partial charge on any atom is -0.387 e. The summed E-state index contributed by atoms with van der Waals surface area (Å²) >= 11 is 0. The highest BCUT2D eigenvalue weighted by atomic mass is 31.2. The standard InChI is InChI=1S/C51H97N2O6P/c1-6-8-10-12-14-16-17-18-19-20-21-22-23-24-25-26-27-28-29-30-31-32-33-34-35-37-39-41-43-45-51(55)52-49(48-59-60(56,57)58-47-46-53(3,4)5)50(54)44-42-40-38-36-15-13-11-9-7-2/h15,17-18,20-21,36,42,44,49-50,54H,6-14,16,19,22-35,37-41,43,45-48H2,1-5H3,(H-,52,55,56,57)/p+1/b18-17-,21-20-,36-15+,44-42+. The highest BCUT2D eigenvalue weighted by molar-refractivity contribution is 7.47. The maximum absolute atomic E-state index is 12.9. The van der Waals surface area contributed by atoms with Crippen LogP contribution in [0.5, 0.6) is 0 Å². The first-order valence-corrected chi connectivity index (χ1v) is 26.5. The number of carbonyl (C=O) groups is 1. The molecule has 0 saturated heterocycles. The SMILES string of the molecule is CCCCC/C=C/CC/C=C/C(O)C(COP(=O)(O)OCC[N+](C)(C)C)NC(=O)CCCCCCCCCCCCCCCCCCC/C=C\C/C=C\CCCCCCC. The Kier molecular flexibility index (Phi) is 41.6. The summed E-state index contributed by atoms with van der Waals surface area (Å²) < 4.78 is 23.5. The fourth-order valence-corrected chi connectivity index (χ4v) is 7.76. The van der Waals surface area contributed by atoms with Crippen molar-refractivity contribution < 1.29 is 32.9 Å². The fourth-order valence-electron chi connectivity index (χ4n) is 7.03. The molecule has 0 aromatic carbocycles. The van der Waals surface area contributed by atoms with Gasteiger partial charge in [0.2, 0.25) is 5.91 Å². The number of aliphatic hydroxyl groups is 1. The molecule has 0 saturated carbocycles. The molecular formula is C51H98N2O6P+. The van der Waals surface area contributed by atoms with Crippen LogP contribution in [0.2, 0.25) is 0 Å². The maximum Gasteiger partial charge on any atom is 0.472 e. The fraction of sp³-hybridized carbons (Fsp3) is 0.824. The summed E-state index contributed by atoms with van der Waals surface area (Å²) in [5.74, 6) is -0.189. The highest BCUT2D eigenvalue weighted by Crippen LogP contribution is 2.43. The van der Waals surface area contributed by atoms with Crippen LogP contribution >= 0.6 is 7.82 Å². The van der Waals surface area contributed by atoms with Crippen molar-refractivity contribution in [2.24, 2.45) is 0 Å². The van der Waals surface area contributed by atoms with Crippen LogP contribution in [0.3, 0.4) is 0 Å². The lowest BCUT2D eigenvalue weighted by Gasteiger charge is -2.25. The molecule has 0 aliphatic carbocycles. The van der Waals surface area contributed by atoms with Crippen molar-refractivity contribution in [1.82, 2.24) is 5.32 Å². The van der Waals surface area contributed by atoms with Gasteiger partial charge in [-0.25, -0.2) is 4.57 Å². The first-order chi connectivity index (χ1) is 29.0. The van der Waals surface area contributed by atoms with Gasteiger partial charge in [0.25, 0.3) is 0 Å². The number of carbonyl (C=O) groups excluding carboxylic acids is 1. The van der Waals surface area contributed by atoms with Crippen LogP contribution in [0.25, 0.3) is 0 Å². The van der Waals surface area contributed by atoms with E-state index in [-0.39, 0.29) is 19.1 Å². The number of unbranched alkanes of at least 4 members (excludes halogenated alkanes) is 26. The minimum absolute atomic E-state index is 0.0557. The van der Waals surface area contributed by atoms with Gasteiger partial charge in [-0.1, -0.05) is 197 Å². The second-order valence-electron chi connectivity index (χ2n) is 18.2. The number of likely N-dealkylation sites (N-methyl/N-ethyl adjacent to an activating group) is 1. The quantitative estimate of drug-likeness (QED) is 0.0244. The average Bonchev–Trinajstić information content (AvgIpc) is 3.20. The predicted molar refractivity (Wildman–Crippen MR) is 258 cm³/mol. The zero-order valence-corrected chi connectivity index (χ0v) is 40.8. The molecule has 0 aromatic heterocycles. The number of phosphoric acid groups is 1. The van der Waals surface area contributed by atoms with Crippen molar-refractivity contribution in [3.05, 3.63) is 48.6 Å². The second kappa shape index (κ2) is 42.7. The van der Waals surface area contributed by atoms with E-state index in [0.29, 0.717) is 17.4 Å². The first-order valence-electron chi connectivity index (χ1n) is 25.0. The van der Waals surface area contributed by atoms with Crippen LogP contribution in [0, 0.1) is 0 Å². The van der Waals surface area contributed by atoms with Crippen molar-refractivity contribution in [2.45, 2.75) is 231 Å². The normalized spacial score (nSPS) is 14.6. The van der Waals surface area contributed by atoms with Gasteiger partial charge in [-0.2, -0.15) is 0 Å². The Morgan fingerprint density at radius 1 is 0.567 bits per heavy atom. The number of amides is 1. The number of rotatable bonds is 45. The molecule has 0 aliphatic heterocycles. The molecule has 0 bridgehead atoms. The molecule has 0 radical (unpaired) electrons. The largest absolute Gasteiger partial charge is 0.472 e. The lowest BCUT2D eigenvalue weighted by atomic mass is 10.0. The monoisotopic (exact) mass is 866 g/mol. The Morgan fingerprint density at radius 3 is 1.47 bits per heavy atom. The molecule has 8 nitrogen and oxygen atoms in total. The summed E-state index contributed by atoms with van der Waals surface area (Å²) in [6.07, 6.45) is 55.1. The van der Waals surface area contributed by atoms with Gasteiger partial charge >= 0.3 is 7.82 Å². The summed E-state index contributed by atoms with van der Waals surface area (Å²) in [4.78, 5) is 23.1. The van der Waals surface area contributed by atoms with E-state index in [2.05, 4.69) is 55.6 Å². The molecule has 0 fully saturated rings. The van der Waals surface area contributed by atoms with E-state index in [1.807, 2.05) is 27.2 Å². The Morgan fingerprint density at radius 2 is 0.967 bits per heavy atom. The van der Waals surface area contributed by atoms with Gasteiger partial charge in [0, 0.05) is 6.42 Å². The Labute approximate surface area is 371 Å². The molecule has 1 amide bonds.